The van der Waals surface area contributed by atoms with Crippen LogP contribution in [0.1, 0.15) is 10.4 Å². The molecule has 0 radical (unpaired) electrons. The van der Waals surface area contributed by atoms with Crippen LogP contribution in [0.2, 0.25) is 10.0 Å². The SMILES string of the molecule is CS(=O)(=O)Nc1cc(Cl)c(C(=O)Nc2ccncc2)c(Cl)c1. The second-order valence-corrected chi connectivity index (χ2v) is 6.94. The third kappa shape index (κ3) is 4.33. The Kier molecular flexibility index (Phi) is 4.90. The number of carbonyl (C=O) groups is 1. The molecular weight excluding hydrogens is 349 g/mol. The molecule has 22 heavy (non-hydrogen) atoms. The highest BCUT2D eigenvalue weighted by Crippen LogP contribution is 2.30. The van der Waals surface area contributed by atoms with Gasteiger partial charge in [-0.05, 0) is 24.3 Å². The van der Waals surface area contributed by atoms with Crippen molar-refractivity contribution in [3.63, 3.8) is 0 Å². The summed E-state index contributed by atoms with van der Waals surface area (Å²) in [6, 6.07) is 5.85. The fourth-order valence-electron chi connectivity index (χ4n) is 1.69. The standard InChI is InChI=1S/C13H11Cl2N3O3S/c1-22(20,21)18-9-6-10(14)12(11(15)7-9)13(19)17-8-2-4-16-5-3-8/h2-7,18H,1H3,(H,16,17,19). The van der Waals surface area contributed by atoms with Gasteiger partial charge in [-0.3, -0.25) is 14.5 Å². The molecule has 0 saturated heterocycles. The highest BCUT2D eigenvalue weighted by Gasteiger charge is 2.17. The van der Waals surface area contributed by atoms with Crippen molar-refractivity contribution in [2.75, 3.05) is 16.3 Å². The first kappa shape index (κ1) is 16.5. The first-order chi connectivity index (χ1) is 10.3. The topological polar surface area (TPSA) is 88.2 Å². The molecule has 0 fully saturated rings. The monoisotopic (exact) mass is 359 g/mol. The van der Waals surface area contributed by atoms with Crippen LogP contribution in [0.5, 0.6) is 0 Å². The number of carbonyl (C=O) groups excluding carboxylic acids is 1. The van der Waals surface area contributed by atoms with Crippen molar-refractivity contribution in [2.24, 2.45) is 0 Å². The second-order valence-electron chi connectivity index (χ2n) is 4.38. The molecule has 0 atom stereocenters. The number of amides is 1. The molecule has 2 N–H and O–H groups in total. The largest absolute Gasteiger partial charge is 0.322 e. The number of halogens is 2. The van der Waals surface area contributed by atoms with Gasteiger partial charge in [-0.25, -0.2) is 8.42 Å². The Morgan fingerprint density at radius 1 is 1.09 bits per heavy atom. The van der Waals surface area contributed by atoms with Gasteiger partial charge in [0.15, 0.2) is 0 Å². The molecule has 0 unspecified atom stereocenters. The van der Waals surface area contributed by atoms with E-state index in [1.54, 1.807) is 12.1 Å². The van der Waals surface area contributed by atoms with Gasteiger partial charge >= 0.3 is 0 Å². The van der Waals surface area contributed by atoms with E-state index in [0.717, 1.165) is 6.26 Å². The Morgan fingerprint density at radius 3 is 2.14 bits per heavy atom. The summed E-state index contributed by atoms with van der Waals surface area (Å²) in [6.45, 7) is 0. The summed E-state index contributed by atoms with van der Waals surface area (Å²) in [5.41, 5.74) is 0.766. The maximum Gasteiger partial charge on any atom is 0.258 e. The Bertz CT molecular complexity index is 788. The Morgan fingerprint density at radius 2 is 1.64 bits per heavy atom. The van der Waals surface area contributed by atoms with Crippen LogP contribution < -0.4 is 10.0 Å². The maximum atomic E-state index is 12.2. The lowest BCUT2D eigenvalue weighted by molar-refractivity contribution is 0.102. The number of benzene rings is 1. The van der Waals surface area contributed by atoms with Crippen molar-refractivity contribution in [1.82, 2.24) is 4.98 Å². The molecule has 1 heterocycles. The molecule has 116 valence electrons. The summed E-state index contributed by atoms with van der Waals surface area (Å²) in [4.78, 5) is 16.1. The van der Waals surface area contributed by atoms with Crippen LogP contribution in [0, 0.1) is 0 Å². The van der Waals surface area contributed by atoms with Crippen molar-refractivity contribution in [3.8, 4) is 0 Å². The molecule has 0 saturated carbocycles. The molecule has 6 nitrogen and oxygen atoms in total. The fraction of sp³-hybridized carbons (Fsp3) is 0.0769. The van der Waals surface area contributed by atoms with E-state index in [1.807, 2.05) is 0 Å². The molecule has 0 spiro atoms. The zero-order valence-electron chi connectivity index (χ0n) is 11.3. The van der Waals surface area contributed by atoms with E-state index in [2.05, 4.69) is 15.0 Å². The maximum absolute atomic E-state index is 12.2. The van der Waals surface area contributed by atoms with E-state index < -0.39 is 15.9 Å². The molecule has 0 aliphatic rings. The van der Waals surface area contributed by atoms with Gasteiger partial charge in [-0.2, -0.15) is 0 Å². The number of pyridine rings is 1. The van der Waals surface area contributed by atoms with E-state index in [9.17, 15) is 13.2 Å². The van der Waals surface area contributed by atoms with Crippen molar-refractivity contribution >= 4 is 50.5 Å². The quantitative estimate of drug-likeness (QED) is 0.877. The lowest BCUT2D eigenvalue weighted by Crippen LogP contribution is -2.14. The molecule has 1 aromatic heterocycles. The van der Waals surface area contributed by atoms with Gasteiger partial charge in [-0.1, -0.05) is 23.2 Å². The van der Waals surface area contributed by atoms with Crippen molar-refractivity contribution < 1.29 is 13.2 Å². The Balaban J connectivity index is 2.30. The average molecular weight is 360 g/mol. The number of aromatic nitrogens is 1. The summed E-state index contributed by atoms with van der Waals surface area (Å²) in [5.74, 6) is -0.507. The van der Waals surface area contributed by atoms with Gasteiger partial charge < -0.3 is 5.32 Å². The fourth-order valence-corrected chi connectivity index (χ4v) is 2.90. The molecule has 0 bridgehead atoms. The number of rotatable bonds is 4. The zero-order chi connectivity index (χ0) is 16.3. The van der Waals surface area contributed by atoms with Gasteiger partial charge in [-0.15, -0.1) is 0 Å². The normalized spacial score (nSPS) is 11.0. The van der Waals surface area contributed by atoms with E-state index in [1.165, 1.54) is 24.5 Å². The van der Waals surface area contributed by atoms with Crippen molar-refractivity contribution in [2.45, 2.75) is 0 Å². The smallest absolute Gasteiger partial charge is 0.258 e. The second kappa shape index (κ2) is 6.51. The first-order valence-electron chi connectivity index (χ1n) is 5.94. The summed E-state index contributed by atoms with van der Waals surface area (Å²) < 4.78 is 24.6. The van der Waals surface area contributed by atoms with Crippen molar-refractivity contribution in [3.05, 3.63) is 52.3 Å². The molecular formula is C13H11Cl2N3O3S. The number of hydrogen-bond acceptors (Lipinski definition) is 4. The summed E-state index contributed by atoms with van der Waals surface area (Å²) in [7, 11) is -3.47. The van der Waals surface area contributed by atoms with Crippen molar-refractivity contribution in [1.29, 1.82) is 0 Å². The van der Waals surface area contributed by atoms with Gasteiger partial charge in [0.25, 0.3) is 5.91 Å². The van der Waals surface area contributed by atoms with E-state index >= 15 is 0 Å². The minimum atomic E-state index is -3.47. The highest BCUT2D eigenvalue weighted by atomic mass is 35.5. The van der Waals surface area contributed by atoms with Crippen LogP contribution in [0.25, 0.3) is 0 Å². The molecule has 9 heteroatoms. The minimum absolute atomic E-state index is 0.0326. The Hall–Kier alpha value is -1.83. The number of nitrogens with one attached hydrogen (secondary N) is 2. The lowest BCUT2D eigenvalue weighted by atomic mass is 10.2. The van der Waals surface area contributed by atoms with Crippen LogP contribution in [0.4, 0.5) is 11.4 Å². The van der Waals surface area contributed by atoms with Crippen LogP contribution in [-0.4, -0.2) is 25.6 Å². The highest BCUT2D eigenvalue weighted by molar-refractivity contribution is 7.92. The van der Waals surface area contributed by atoms with Gasteiger partial charge in [0, 0.05) is 18.1 Å². The average Bonchev–Trinajstić information content (AvgIpc) is 2.36. The van der Waals surface area contributed by atoms with Gasteiger partial charge in [0.2, 0.25) is 10.0 Å². The molecule has 0 aliphatic heterocycles. The third-order valence-corrected chi connectivity index (χ3v) is 3.71. The molecule has 1 amide bonds. The predicted octanol–water partition coefficient (Wildman–Crippen LogP) is 3.01. The number of anilines is 2. The number of sulfonamides is 1. The lowest BCUT2D eigenvalue weighted by Gasteiger charge is -2.11. The predicted molar refractivity (Wildman–Crippen MR) is 87.1 cm³/mol. The summed E-state index contributed by atoms with van der Waals surface area (Å²) in [5, 5.41) is 2.69. The van der Waals surface area contributed by atoms with Crippen LogP contribution in [-0.2, 0) is 10.0 Å². The van der Waals surface area contributed by atoms with Crippen LogP contribution in [0.15, 0.2) is 36.7 Å². The van der Waals surface area contributed by atoms with Gasteiger partial charge in [0.05, 0.1) is 27.6 Å². The van der Waals surface area contributed by atoms with E-state index in [-0.39, 0.29) is 21.3 Å². The molecule has 2 aromatic rings. The molecule has 1 aromatic carbocycles. The first-order valence-corrected chi connectivity index (χ1v) is 8.59. The van der Waals surface area contributed by atoms with Gasteiger partial charge in [0.1, 0.15) is 0 Å². The number of hydrogen-bond donors (Lipinski definition) is 2. The van der Waals surface area contributed by atoms with E-state index in [0.29, 0.717) is 5.69 Å². The van der Waals surface area contributed by atoms with Crippen LogP contribution in [0.3, 0.4) is 0 Å². The minimum Gasteiger partial charge on any atom is -0.322 e. The molecule has 0 aliphatic carbocycles. The third-order valence-electron chi connectivity index (χ3n) is 2.51. The van der Waals surface area contributed by atoms with E-state index in [4.69, 9.17) is 23.2 Å². The summed E-state index contributed by atoms with van der Waals surface area (Å²) >= 11 is 12.1. The molecule has 2 rings (SSSR count). The Labute approximate surface area is 137 Å². The zero-order valence-corrected chi connectivity index (χ0v) is 13.6. The number of nitrogens with zero attached hydrogens (tertiary/aromatic N) is 1. The van der Waals surface area contributed by atoms with Crippen LogP contribution >= 0.6 is 23.2 Å². The summed E-state index contributed by atoms with van der Waals surface area (Å²) in [6.07, 6.45) is 4.05.